The van der Waals surface area contributed by atoms with E-state index in [2.05, 4.69) is 17.1 Å². The molecular formula is C19H30ClN3O3. The van der Waals surface area contributed by atoms with Gasteiger partial charge in [0, 0.05) is 32.2 Å². The molecule has 2 aliphatic rings. The number of halogens is 1. The molecule has 2 atom stereocenters. The van der Waals surface area contributed by atoms with Crippen molar-refractivity contribution in [2.45, 2.75) is 31.8 Å². The number of rotatable bonds is 5. The number of methoxy groups -OCH3 is 2. The smallest absolute Gasteiger partial charge is 0.237 e. The minimum absolute atomic E-state index is 0. The summed E-state index contributed by atoms with van der Waals surface area (Å²) in [5.41, 5.74) is 1.12. The van der Waals surface area contributed by atoms with Crippen molar-refractivity contribution < 1.29 is 14.3 Å². The molecule has 1 amide bonds. The molecule has 0 bridgehead atoms. The predicted molar refractivity (Wildman–Crippen MR) is 104 cm³/mol. The Morgan fingerprint density at radius 2 is 2.00 bits per heavy atom. The average molecular weight is 384 g/mol. The SMILES string of the molecule is COc1ccc(C2CCCN2C(=O)CN2CCNC[C@@H]2C)cc1OC.Cl. The number of nitrogens with zero attached hydrogens (tertiary/aromatic N) is 2. The van der Waals surface area contributed by atoms with Gasteiger partial charge in [0.05, 0.1) is 26.8 Å². The summed E-state index contributed by atoms with van der Waals surface area (Å²) in [5.74, 6) is 1.66. The number of ether oxygens (including phenoxy) is 2. The van der Waals surface area contributed by atoms with E-state index in [0.717, 1.165) is 56.1 Å². The minimum atomic E-state index is 0. The van der Waals surface area contributed by atoms with Crippen LogP contribution in [0.25, 0.3) is 0 Å². The summed E-state index contributed by atoms with van der Waals surface area (Å²) in [6, 6.07) is 6.51. The summed E-state index contributed by atoms with van der Waals surface area (Å²) in [4.78, 5) is 17.2. The fourth-order valence-electron chi connectivity index (χ4n) is 3.85. The quantitative estimate of drug-likeness (QED) is 0.843. The van der Waals surface area contributed by atoms with E-state index < -0.39 is 0 Å². The zero-order chi connectivity index (χ0) is 17.8. The van der Waals surface area contributed by atoms with E-state index in [9.17, 15) is 4.79 Å². The number of piperazine rings is 1. The van der Waals surface area contributed by atoms with E-state index >= 15 is 0 Å². The number of carbonyl (C=O) groups is 1. The summed E-state index contributed by atoms with van der Waals surface area (Å²) in [7, 11) is 3.28. The molecule has 2 saturated heterocycles. The predicted octanol–water partition coefficient (Wildman–Crippen LogP) is 2.08. The second-order valence-electron chi connectivity index (χ2n) is 6.88. The van der Waals surface area contributed by atoms with Gasteiger partial charge in [0.1, 0.15) is 0 Å². The molecule has 1 N–H and O–H groups in total. The Balaban J connectivity index is 0.00000243. The minimum Gasteiger partial charge on any atom is -0.493 e. The van der Waals surface area contributed by atoms with Crippen LogP contribution in [0.3, 0.4) is 0 Å². The molecule has 6 nitrogen and oxygen atoms in total. The van der Waals surface area contributed by atoms with Crippen molar-refractivity contribution in [3.8, 4) is 11.5 Å². The first-order valence-corrected chi connectivity index (χ1v) is 9.10. The molecule has 0 aromatic heterocycles. The van der Waals surface area contributed by atoms with Crippen LogP contribution in [0, 0.1) is 0 Å². The van der Waals surface area contributed by atoms with Crippen LogP contribution in [0.2, 0.25) is 0 Å². The highest BCUT2D eigenvalue weighted by molar-refractivity contribution is 5.85. The maximum Gasteiger partial charge on any atom is 0.237 e. The maximum absolute atomic E-state index is 12.9. The Labute approximate surface area is 162 Å². The fourth-order valence-corrected chi connectivity index (χ4v) is 3.85. The van der Waals surface area contributed by atoms with Gasteiger partial charge < -0.3 is 19.7 Å². The van der Waals surface area contributed by atoms with E-state index in [1.807, 2.05) is 23.1 Å². The van der Waals surface area contributed by atoms with Crippen molar-refractivity contribution in [3.63, 3.8) is 0 Å². The van der Waals surface area contributed by atoms with Crippen molar-refractivity contribution in [3.05, 3.63) is 23.8 Å². The molecular weight excluding hydrogens is 354 g/mol. The number of carbonyl (C=O) groups excluding carboxylic acids is 1. The number of hydrogen-bond donors (Lipinski definition) is 1. The fraction of sp³-hybridized carbons (Fsp3) is 0.632. The first kappa shape index (κ1) is 20.8. The number of amides is 1. The summed E-state index contributed by atoms with van der Waals surface area (Å²) in [6.45, 7) is 6.35. The lowest BCUT2D eigenvalue weighted by Crippen LogP contribution is -2.53. The molecule has 1 unspecified atom stereocenters. The highest BCUT2D eigenvalue weighted by Crippen LogP contribution is 2.37. The highest BCUT2D eigenvalue weighted by Gasteiger charge is 2.32. The Morgan fingerprint density at radius 1 is 1.23 bits per heavy atom. The monoisotopic (exact) mass is 383 g/mol. The maximum atomic E-state index is 12.9. The lowest BCUT2D eigenvalue weighted by molar-refractivity contribution is -0.134. The standard InChI is InChI=1S/C19H29N3O3.ClH/c1-14-12-20-8-10-21(14)13-19(23)22-9-4-5-16(22)15-6-7-17(24-2)18(11-15)25-3;/h6-7,11,14,16,20H,4-5,8-10,12-13H2,1-3H3;1H/t14-,16?;/m0./s1. The van der Waals surface area contributed by atoms with Gasteiger partial charge in [0.25, 0.3) is 0 Å². The van der Waals surface area contributed by atoms with Crippen molar-refractivity contribution in [2.24, 2.45) is 0 Å². The molecule has 0 spiro atoms. The van der Waals surface area contributed by atoms with Gasteiger partial charge in [0.15, 0.2) is 11.5 Å². The van der Waals surface area contributed by atoms with Crippen molar-refractivity contribution >= 4 is 18.3 Å². The van der Waals surface area contributed by atoms with E-state index in [0.29, 0.717) is 12.6 Å². The molecule has 0 saturated carbocycles. The van der Waals surface area contributed by atoms with Crippen LogP contribution in [0.15, 0.2) is 18.2 Å². The first-order chi connectivity index (χ1) is 12.1. The van der Waals surface area contributed by atoms with Crippen LogP contribution in [-0.2, 0) is 4.79 Å². The molecule has 1 aromatic carbocycles. The summed E-state index contributed by atoms with van der Waals surface area (Å²) in [5, 5.41) is 3.37. The number of nitrogens with one attached hydrogen (secondary N) is 1. The van der Waals surface area contributed by atoms with Crippen molar-refractivity contribution in [1.82, 2.24) is 15.1 Å². The van der Waals surface area contributed by atoms with Gasteiger partial charge in [-0.25, -0.2) is 0 Å². The van der Waals surface area contributed by atoms with E-state index in [4.69, 9.17) is 9.47 Å². The van der Waals surface area contributed by atoms with Gasteiger partial charge in [-0.1, -0.05) is 6.07 Å². The van der Waals surface area contributed by atoms with Crippen LogP contribution in [0.5, 0.6) is 11.5 Å². The Morgan fingerprint density at radius 3 is 2.69 bits per heavy atom. The summed E-state index contributed by atoms with van der Waals surface area (Å²) < 4.78 is 10.7. The van der Waals surface area contributed by atoms with Gasteiger partial charge in [0.2, 0.25) is 5.91 Å². The molecule has 26 heavy (non-hydrogen) atoms. The second kappa shape index (κ2) is 9.44. The van der Waals surface area contributed by atoms with Crippen LogP contribution < -0.4 is 14.8 Å². The van der Waals surface area contributed by atoms with Crippen LogP contribution in [0.4, 0.5) is 0 Å². The van der Waals surface area contributed by atoms with Crippen LogP contribution in [0.1, 0.15) is 31.4 Å². The largest absolute Gasteiger partial charge is 0.493 e. The first-order valence-electron chi connectivity index (χ1n) is 9.10. The third-order valence-electron chi connectivity index (χ3n) is 5.34. The molecule has 2 aliphatic heterocycles. The van der Waals surface area contributed by atoms with Gasteiger partial charge in [-0.15, -0.1) is 12.4 Å². The van der Waals surface area contributed by atoms with Crippen molar-refractivity contribution in [2.75, 3.05) is 46.9 Å². The summed E-state index contributed by atoms with van der Waals surface area (Å²) in [6.07, 6.45) is 2.04. The lowest BCUT2D eigenvalue weighted by atomic mass is 10.0. The molecule has 3 rings (SSSR count). The van der Waals surface area contributed by atoms with Gasteiger partial charge in [-0.2, -0.15) is 0 Å². The Bertz CT molecular complexity index is 614. The molecule has 1 aromatic rings. The molecule has 0 radical (unpaired) electrons. The van der Waals surface area contributed by atoms with Crippen LogP contribution >= 0.6 is 12.4 Å². The topological polar surface area (TPSA) is 54.0 Å². The van der Waals surface area contributed by atoms with Gasteiger partial charge in [-0.05, 0) is 37.5 Å². The molecule has 7 heteroatoms. The summed E-state index contributed by atoms with van der Waals surface area (Å²) >= 11 is 0. The third-order valence-corrected chi connectivity index (χ3v) is 5.34. The number of likely N-dealkylation sites (tertiary alicyclic amines) is 1. The Hall–Kier alpha value is -1.50. The molecule has 146 valence electrons. The Kier molecular flexibility index (Phi) is 7.55. The molecule has 2 heterocycles. The van der Waals surface area contributed by atoms with Gasteiger partial charge >= 0.3 is 0 Å². The molecule has 2 fully saturated rings. The van der Waals surface area contributed by atoms with E-state index in [1.165, 1.54) is 0 Å². The van der Waals surface area contributed by atoms with Crippen molar-refractivity contribution in [1.29, 1.82) is 0 Å². The normalized spacial score (nSPS) is 23.4. The zero-order valence-corrected chi connectivity index (χ0v) is 16.7. The van der Waals surface area contributed by atoms with E-state index in [1.54, 1.807) is 14.2 Å². The van der Waals surface area contributed by atoms with Crippen LogP contribution in [-0.4, -0.2) is 68.7 Å². The third kappa shape index (κ3) is 4.42. The second-order valence-corrected chi connectivity index (χ2v) is 6.88. The van der Waals surface area contributed by atoms with E-state index in [-0.39, 0.29) is 24.4 Å². The molecule has 0 aliphatic carbocycles. The number of hydrogen-bond acceptors (Lipinski definition) is 5. The van der Waals surface area contributed by atoms with Gasteiger partial charge in [-0.3, -0.25) is 9.69 Å². The number of benzene rings is 1. The highest BCUT2D eigenvalue weighted by atomic mass is 35.5. The zero-order valence-electron chi connectivity index (χ0n) is 15.9. The lowest BCUT2D eigenvalue weighted by Gasteiger charge is -2.35. The average Bonchev–Trinajstić information content (AvgIpc) is 3.13.